The molecule has 0 saturated carbocycles. The van der Waals surface area contributed by atoms with E-state index in [4.69, 9.17) is 0 Å². The van der Waals surface area contributed by atoms with Crippen LogP contribution in [0.1, 0.15) is 47.4 Å². The lowest BCUT2D eigenvalue weighted by Gasteiger charge is -2.07. The average molecular weight is 400 g/mol. The van der Waals surface area contributed by atoms with Crippen molar-refractivity contribution in [1.82, 2.24) is 0 Å². The number of Topliss-reactive ketones (excluding diaryl/α,β-unsaturated/α-hetero) is 2. The SMILES string of the molecule is CCC(=O)c1ccc([N+](=O)[O-])cc1N=[N+]([O-])c1cc([N+](=O)[O-])ccc1C(=O)CC. The van der Waals surface area contributed by atoms with Gasteiger partial charge in [-0.3, -0.25) is 29.8 Å². The Morgan fingerprint density at radius 3 is 1.83 bits per heavy atom. The van der Waals surface area contributed by atoms with Gasteiger partial charge in [0.25, 0.3) is 17.1 Å². The molecule has 2 aromatic carbocycles. The second-order valence-electron chi connectivity index (χ2n) is 5.84. The van der Waals surface area contributed by atoms with Crippen LogP contribution in [0.5, 0.6) is 0 Å². The zero-order chi connectivity index (χ0) is 21.7. The van der Waals surface area contributed by atoms with Crippen LogP contribution in [-0.4, -0.2) is 26.3 Å². The minimum absolute atomic E-state index is 0.0206. The molecule has 0 aromatic heterocycles. The van der Waals surface area contributed by atoms with Crippen molar-refractivity contribution >= 4 is 34.3 Å². The van der Waals surface area contributed by atoms with Crippen molar-refractivity contribution in [3.63, 3.8) is 0 Å². The van der Waals surface area contributed by atoms with Gasteiger partial charge in [-0.15, -0.1) is 0 Å². The molecule has 0 bridgehead atoms. The molecule has 0 fully saturated rings. The summed E-state index contributed by atoms with van der Waals surface area (Å²) in [4.78, 5) is 44.8. The molecule has 11 nitrogen and oxygen atoms in total. The number of hydrogen-bond acceptors (Lipinski definition) is 8. The molecule has 11 heteroatoms. The first-order valence-electron chi connectivity index (χ1n) is 8.51. The fourth-order valence-electron chi connectivity index (χ4n) is 2.51. The highest BCUT2D eigenvalue weighted by Gasteiger charge is 2.24. The zero-order valence-corrected chi connectivity index (χ0v) is 15.5. The summed E-state index contributed by atoms with van der Waals surface area (Å²) in [6.45, 7) is 3.12. The molecule has 0 heterocycles. The van der Waals surface area contributed by atoms with E-state index in [0.717, 1.165) is 30.3 Å². The van der Waals surface area contributed by atoms with Gasteiger partial charge in [0.2, 0.25) is 0 Å². The number of rotatable bonds is 8. The second-order valence-corrected chi connectivity index (χ2v) is 5.84. The van der Waals surface area contributed by atoms with E-state index in [1.165, 1.54) is 6.07 Å². The zero-order valence-electron chi connectivity index (χ0n) is 15.5. The molecule has 0 atom stereocenters. The topological polar surface area (TPSA) is 159 Å². The Kier molecular flexibility index (Phi) is 6.44. The summed E-state index contributed by atoms with van der Waals surface area (Å²) in [6.07, 6.45) is 0.102. The van der Waals surface area contributed by atoms with Crippen LogP contribution in [-0.2, 0) is 0 Å². The standard InChI is InChI=1S/C18H16N4O7/c1-3-17(23)13-7-5-11(21(26)27)9-15(13)19-20(25)16-10-12(22(28)29)6-8-14(16)18(24)4-2/h5-10H,3-4H2,1-2H3. The van der Waals surface area contributed by atoms with Crippen molar-refractivity contribution in [3.8, 4) is 0 Å². The highest BCUT2D eigenvalue weighted by molar-refractivity contribution is 6.01. The lowest BCUT2D eigenvalue weighted by Crippen LogP contribution is -2.05. The summed E-state index contributed by atoms with van der Waals surface area (Å²) >= 11 is 0. The van der Waals surface area contributed by atoms with Gasteiger partial charge < -0.3 is 5.21 Å². The molecule has 0 unspecified atom stereocenters. The van der Waals surface area contributed by atoms with Gasteiger partial charge in [0.05, 0.1) is 21.5 Å². The van der Waals surface area contributed by atoms with E-state index in [0.29, 0.717) is 0 Å². The molecule has 2 aromatic rings. The third-order valence-electron chi connectivity index (χ3n) is 4.03. The Bertz CT molecular complexity index is 1050. The van der Waals surface area contributed by atoms with Crippen LogP contribution in [0.3, 0.4) is 0 Å². The van der Waals surface area contributed by atoms with Crippen LogP contribution in [0.15, 0.2) is 41.5 Å². The second kappa shape index (κ2) is 8.78. The summed E-state index contributed by atoms with van der Waals surface area (Å²) in [5.74, 6) is -0.856. The van der Waals surface area contributed by atoms with Crippen molar-refractivity contribution in [1.29, 1.82) is 0 Å². The average Bonchev–Trinajstić information content (AvgIpc) is 2.71. The molecule has 0 radical (unpaired) electrons. The molecule has 0 saturated heterocycles. The van der Waals surface area contributed by atoms with E-state index in [9.17, 15) is 35.0 Å². The van der Waals surface area contributed by atoms with Gasteiger partial charge in [0.15, 0.2) is 11.6 Å². The van der Waals surface area contributed by atoms with E-state index < -0.39 is 38.5 Å². The summed E-state index contributed by atoms with van der Waals surface area (Å²) in [7, 11) is 0. The van der Waals surface area contributed by atoms with E-state index in [-0.39, 0.29) is 34.5 Å². The van der Waals surface area contributed by atoms with Gasteiger partial charge in [-0.2, -0.15) is 0 Å². The monoisotopic (exact) mass is 400 g/mol. The Morgan fingerprint density at radius 2 is 1.31 bits per heavy atom. The van der Waals surface area contributed by atoms with Gasteiger partial charge >= 0.3 is 0 Å². The molecule has 0 amide bonds. The van der Waals surface area contributed by atoms with Crippen molar-refractivity contribution in [2.75, 3.05) is 0 Å². The first-order valence-corrected chi connectivity index (χ1v) is 8.51. The Hall–Kier alpha value is -4.02. The number of carbonyl (C=O) groups excluding carboxylic acids is 2. The number of nitrogens with zero attached hydrogens (tertiary/aromatic N) is 4. The lowest BCUT2D eigenvalue weighted by atomic mass is 10.1. The molecule has 0 spiro atoms. The van der Waals surface area contributed by atoms with Crippen molar-refractivity contribution < 1.29 is 24.3 Å². The molecule has 29 heavy (non-hydrogen) atoms. The van der Waals surface area contributed by atoms with Crippen LogP contribution < -0.4 is 0 Å². The number of nitro benzene ring substituents is 2. The van der Waals surface area contributed by atoms with Crippen LogP contribution >= 0.6 is 0 Å². The first kappa shape index (κ1) is 21.3. The molecular weight excluding hydrogens is 384 g/mol. The van der Waals surface area contributed by atoms with E-state index >= 15 is 0 Å². The number of azo groups is 1. The predicted molar refractivity (Wildman–Crippen MR) is 101 cm³/mol. The van der Waals surface area contributed by atoms with E-state index in [1.807, 2.05) is 0 Å². The van der Waals surface area contributed by atoms with Crippen molar-refractivity contribution in [2.45, 2.75) is 26.7 Å². The largest absolute Gasteiger partial charge is 0.594 e. The quantitative estimate of drug-likeness (QED) is 0.205. The molecule has 0 aliphatic carbocycles. The predicted octanol–water partition coefficient (Wildman–Crippen LogP) is 4.61. The van der Waals surface area contributed by atoms with Crippen LogP contribution in [0.25, 0.3) is 0 Å². The van der Waals surface area contributed by atoms with Gasteiger partial charge in [-0.05, 0) is 17.0 Å². The maximum absolute atomic E-state index is 12.7. The molecule has 2 rings (SSSR count). The van der Waals surface area contributed by atoms with Gasteiger partial charge in [0, 0.05) is 41.7 Å². The van der Waals surface area contributed by atoms with Gasteiger partial charge in [-0.25, -0.2) is 0 Å². The maximum Gasteiger partial charge on any atom is 0.276 e. The highest BCUT2D eigenvalue weighted by Crippen LogP contribution is 2.31. The van der Waals surface area contributed by atoms with E-state index in [2.05, 4.69) is 5.11 Å². The third-order valence-corrected chi connectivity index (χ3v) is 4.03. The van der Waals surface area contributed by atoms with Gasteiger partial charge in [0.1, 0.15) is 5.69 Å². The first-order chi connectivity index (χ1) is 13.7. The smallest absolute Gasteiger partial charge is 0.276 e. The highest BCUT2D eigenvalue weighted by atomic mass is 16.6. The maximum atomic E-state index is 12.7. The summed E-state index contributed by atoms with van der Waals surface area (Å²) in [5, 5.41) is 38.4. The van der Waals surface area contributed by atoms with Gasteiger partial charge in [-0.1, -0.05) is 13.8 Å². The number of hydrogen-bond donors (Lipinski definition) is 0. The number of benzene rings is 2. The number of non-ortho nitro benzene ring substituents is 2. The molecule has 150 valence electrons. The lowest BCUT2D eigenvalue weighted by molar-refractivity contribution is -0.437. The molecule has 0 aliphatic rings. The summed E-state index contributed by atoms with van der Waals surface area (Å²) < 4.78 is 0. The fourth-order valence-corrected chi connectivity index (χ4v) is 2.51. The Balaban J connectivity index is 2.72. The number of ketones is 2. The fraction of sp³-hybridized carbons (Fsp3) is 0.222. The van der Waals surface area contributed by atoms with E-state index in [1.54, 1.807) is 13.8 Å². The third kappa shape index (κ3) is 4.64. The Labute approximate surface area is 164 Å². The number of nitro groups is 2. The minimum atomic E-state index is -0.739. The van der Waals surface area contributed by atoms with Crippen LogP contribution in [0, 0.1) is 25.4 Å². The van der Waals surface area contributed by atoms with Crippen LogP contribution in [0.4, 0.5) is 22.7 Å². The summed E-state index contributed by atoms with van der Waals surface area (Å²) in [6, 6.07) is 6.36. The normalized spacial score (nSPS) is 11.2. The molecular formula is C18H16N4O7. The summed E-state index contributed by atoms with van der Waals surface area (Å²) in [5.41, 5.74) is -1.62. The Morgan fingerprint density at radius 1 is 0.828 bits per heavy atom. The minimum Gasteiger partial charge on any atom is -0.594 e. The molecule has 0 N–H and O–H groups in total. The van der Waals surface area contributed by atoms with Crippen LogP contribution in [0.2, 0.25) is 0 Å². The van der Waals surface area contributed by atoms with Crippen molar-refractivity contribution in [3.05, 3.63) is 73.0 Å². The number of carbonyl (C=O) groups is 2. The van der Waals surface area contributed by atoms with Crippen molar-refractivity contribution in [2.24, 2.45) is 5.11 Å². The molecule has 0 aliphatic heterocycles.